The van der Waals surface area contributed by atoms with Crippen LogP contribution in [0, 0.1) is 0 Å². The number of nitrogens with one attached hydrogen (secondary N) is 1. The molecule has 0 fully saturated rings. The van der Waals surface area contributed by atoms with Crippen molar-refractivity contribution in [3.05, 3.63) is 156 Å². The Bertz CT molecular complexity index is 1320. The number of rotatable bonds is 4. The van der Waals surface area contributed by atoms with Gasteiger partial charge in [-0.3, -0.25) is 0 Å². The van der Waals surface area contributed by atoms with Gasteiger partial charge in [-0.05, 0) is 57.6 Å². The summed E-state index contributed by atoms with van der Waals surface area (Å²) in [5, 5.41) is 3.51. The van der Waals surface area contributed by atoms with Gasteiger partial charge in [0.25, 0.3) is 0 Å². The van der Waals surface area contributed by atoms with Crippen molar-refractivity contribution >= 4 is 11.4 Å². The molecule has 0 atom stereocenters. The quantitative estimate of drug-likeness (QED) is 0.313. The highest BCUT2D eigenvalue weighted by atomic mass is 14.9. The summed E-state index contributed by atoms with van der Waals surface area (Å²) in [5.41, 5.74) is 9.74. The second kappa shape index (κ2) is 7.55. The van der Waals surface area contributed by atoms with Crippen LogP contribution in [-0.4, -0.2) is 0 Å². The third-order valence-corrected chi connectivity index (χ3v) is 6.54. The predicted molar refractivity (Wildman–Crippen MR) is 133 cm³/mol. The fraction of sp³-hybridized carbons (Fsp3) is 0.0323. The second-order valence-corrected chi connectivity index (χ2v) is 8.28. The van der Waals surface area contributed by atoms with Crippen LogP contribution >= 0.6 is 0 Å². The Kier molecular flexibility index (Phi) is 4.40. The molecule has 0 aromatic heterocycles. The van der Waals surface area contributed by atoms with Crippen LogP contribution in [0.5, 0.6) is 0 Å². The van der Waals surface area contributed by atoms with Gasteiger partial charge >= 0.3 is 0 Å². The topological polar surface area (TPSA) is 12.0 Å². The van der Waals surface area contributed by atoms with Crippen LogP contribution in [0.1, 0.15) is 22.3 Å². The summed E-state index contributed by atoms with van der Waals surface area (Å²) in [6.45, 7) is 0. The molecule has 0 aliphatic heterocycles. The van der Waals surface area contributed by atoms with Crippen molar-refractivity contribution in [1.82, 2.24) is 0 Å². The molecule has 5 aromatic carbocycles. The minimum Gasteiger partial charge on any atom is -0.356 e. The maximum Gasteiger partial charge on any atom is 0.0713 e. The van der Waals surface area contributed by atoms with Crippen LogP contribution in [0.15, 0.2) is 133 Å². The molecule has 0 spiro atoms. The zero-order chi connectivity index (χ0) is 21.4. The smallest absolute Gasteiger partial charge is 0.0713 e. The summed E-state index contributed by atoms with van der Waals surface area (Å²) in [7, 11) is 0. The van der Waals surface area contributed by atoms with E-state index in [1.165, 1.54) is 33.4 Å². The Morgan fingerprint density at radius 1 is 0.375 bits per heavy atom. The number of hydrogen-bond donors (Lipinski definition) is 1. The maximum absolute atomic E-state index is 3.51. The van der Waals surface area contributed by atoms with E-state index in [2.05, 4.69) is 121 Å². The average Bonchev–Trinajstić information content (AvgIpc) is 3.17. The molecular formula is C31H23N. The predicted octanol–water partition coefficient (Wildman–Crippen LogP) is 7.79. The first-order valence-electron chi connectivity index (χ1n) is 11.0. The van der Waals surface area contributed by atoms with E-state index >= 15 is 0 Å². The fourth-order valence-corrected chi connectivity index (χ4v) is 5.20. The van der Waals surface area contributed by atoms with Crippen LogP contribution in [0.2, 0.25) is 0 Å². The number of anilines is 2. The third-order valence-electron chi connectivity index (χ3n) is 6.54. The van der Waals surface area contributed by atoms with Crippen molar-refractivity contribution in [1.29, 1.82) is 0 Å². The van der Waals surface area contributed by atoms with Gasteiger partial charge in [-0.2, -0.15) is 0 Å². The molecule has 0 saturated heterocycles. The molecule has 5 aromatic rings. The van der Waals surface area contributed by atoms with Gasteiger partial charge in [-0.15, -0.1) is 0 Å². The zero-order valence-electron chi connectivity index (χ0n) is 17.7. The van der Waals surface area contributed by atoms with Gasteiger partial charge in [-0.25, -0.2) is 0 Å². The van der Waals surface area contributed by atoms with Crippen LogP contribution in [0.3, 0.4) is 0 Å². The van der Waals surface area contributed by atoms with Crippen molar-refractivity contribution in [2.45, 2.75) is 5.41 Å². The molecule has 152 valence electrons. The highest BCUT2D eigenvalue weighted by Crippen LogP contribution is 2.55. The lowest BCUT2D eigenvalue weighted by molar-refractivity contribution is 0.768. The minimum absolute atomic E-state index is 0.334. The summed E-state index contributed by atoms with van der Waals surface area (Å²) in [4.78, 5) is 0. The van der Waals surface area contributed by atoms with Gasteiger partial charge in [0.15, 0.2) is 0 Å². The molecule has 0 radical (unpaired) electrons. The Balaban J connectivity index is 1.57. The molecule has 1 aliphatic rings. The standard InChI is InChI=1S/C31H23N/c1-3-11-23(12-4-1)31(24-19-21-26(22-20-24)32-25-13-5-2-6-14-25)29-17-9-7-15-27(29)28-16-8-10-18-30(28)31/h1-22,32H. The first-order valence-corrected chi connectivity index (χ1v) is 11.0. The molecule has 1 heteroatoms. The fourth-order valence-electron chi connectivity index (χ4n) is 5.20. The summed E-state index contributed by atoms with van der Waals surface area (Å²) in [6.07, 6.45) is 0. The average molecular weight is 410 g/mol. The molecule has 6 rings (SSSR count). The van der Waals surface area contributed by atoms with Crippen LogP contribution in [0.25, 0.3) is 11.1 Å². The highest BCUT2D eigenvalue weighted by molar-refractivity contribution is 5.86. The van der Waals surface area contributed by atoms with E-state index in [4.69, 9.17) is 0 Å². The SMILES string of the molecule is c1ccc(Nc2ccc(C3(c4ccccc4)c4ccccc4-c4ccccc43)cc2)cc1. The number of para-hydroxylation sites is 1. The van der Waals surface area contributed by atoms with Gasteiger partial charge < -0.3 is 5.32 Å². The Labute approximate surface area is 189 Å². The van der Waals surface area contributed by atoms with Crippen LogP contribution in [-0.2, 0) is 5.41 Å². The van der Waals surface area contributed by atoms with E-state index in [-0.39, 0.29) is 5.41 Å². The number of benzene rings is 5. The summed E-state index contributed by atoms with van der Waals surface area (Å²) < 4.78 is 0. The molecular weight excluding hydrogens is 386 g/mol. The van der Waals surface area contributed by atoms with Crippen LogP contribution < -0.4 is 5.32 Å². The molecule has 0 heterocycles. The van der Waals surface area contributed by atoms with E-state index in [1.807, 2.05) is 18.2 Å². The monoisotopic (exact) mass is 409 g/mol. The lowest BCUT2D eigenvalue weighted by atomic mass is 9.68. The second-order valence-electron chi connectivity index (χ2n) is 8.28. The Hall–Kier alpha value is -4.10. The molecule has 0 bridgehead atoms. The molecule has 1 nitrogen and oxygen atoms in total. The lowest BCUT2D eigenvalue weighted by Gasteiger charge is -2.34. The molecule has 0 saturated carbocycles. The molecule has 32 heavy (non-hydrogen) atoms. The van der Waals surface area contributed by atoms with E-state index < -0.39 is 0 Å². The summed E-state index contributed by atoms with van der Waals surface area (Å²) >= 11 is 0. The lowest BCUT2D eigenvalue weighted by Crippen LogP contribution is -2.28. The van der Waals surface area contributed by atoms with Gasteiger partial charge in [-0.1, -0.05) is 109 Å². The first-order chi connectivity index (χ1) is 15.9. The largest absolute Gasteiger partial charge is 0.356 e. The molecule has 0 amide bonds. The van der Waals surface area contributed by atoms with Gasteiger partial charge in [0.2, 0.25) is 0 Å². The van der Waals surface area contributed by atoms with E-state index in [9.17, 15) is 0 Å². The third kappa shape index (κ3) is 2.79. The van der Waals surface area contributed by atoms with E-state index in [0.717, 1.165) is 11.4 Å². The zero-order valence-corrected chi connectivity index (χ0v) is 17.7. The normalized spacial score (nSPS) is 13.2. The van der Waals surface area contributed by atoms with Gasteiger partial charge in [0.05, 0.1) is 5.41 Å². The Morgan fingerprint density at radius 2 is 0.812 bits per heavy atom. The Morgan fingerprint density at radius 3 is 1.41 bits per heavy atom. The van der Waals surface area contributed by atoms with Crippen molar-refractivity contribution in [3.63, 3.8) is 0 Å². The van der Waals surface area contributed by atoms with E-state index in [1.54, 1.807) is 0 Å². The van der Waals surface area contributed by atoms with Gasteiger partial charge in [0.1, 0.15) is 0 Å². The van der Waals surface area contributed by atoms with Crippen LogP contribution in [0.4, 0.5) is 11.4 Å². The minimum atomic E-state index is -0.334. The highest BCUT2D eigenvalue weighted by Gasteiger charge is 2.45. The van der Waals surface area contributed by atoms with Crippen molar-refractivity contribution in [2.24, 2.45) is 0 Å². The van der Waals surface area contributed by atoms with Crippen molar-refractivity contribution in [2.75, 3.05) is 5.32 Å². The molecule has 0 unspecified atom stereocenters. The van der Waals surface area contributed by atoms with Gasteiger partial charge in [0, 0.05) is 11.4 Å². The first kappa shape index (κ1) is 18.7. The number of hydrogen-bond acceptors (Lipinski definition) is 1. The number of fused-ring (bicyclic) bond motifs is 3. The molecule has 1 aliphatic carbocycles. The summed E-state index contributed by atoms with van der Waals surface area (Å²) in [6, 6.07) is 47.8. The molecule has 1 N–H and O–H groups in total. The summed E-state index contributed by atoms with van der Waals surface area (Å²) in [5.74, 6) is 0. The van der Waals surface area contributed by atoms with Crippen molar-refractivity contribution in [3.8, 4) is 11.1 Å². The van der Waals surface area contributed by atoms with E-state index in [0.29, 0.717) is 0 Å². The maximum atomic E-state index is 3.51. The van der Waals surface area contributed by atoms with Crippen molar-refractivity contribution < 1.29 is 0 Å².